The first kappa shape index (κ1) is 22.2. The summed E-state index contributed by atoms with van der Waals surface area (Å²) in [5, 5.41) is 8.19. The standard InChI is InChI=1S/C28H26ClN3O2/c1-2-3-17-32-27(21-11-15-23(16-12-21)34-18-19-7-5-4-6-8-19)24-25(30-31-26(24)28(32)33)20-9-13-22(29)14-10-20/h4-16,27H,2-3,17-18H2,1H3,(H,30,31). The Bertz CT molecular complexity index is 1270. The predicted molar refractivity (Wildman–Crippen MR) is 134 cm³/mol. The van der Waals surface area contributed by atoms with Gasteiger partial charge in [-0.2, -0.15) is 5.10 Å². The molecule has 0 bridgehead atoms. The molecular weight excluding hydrogens is 446 g/mol. The summed E-state index contributed by atoms with van der Waals surface area (Å²) >= 11 is 6.10. The van der Waals surface area contributed by atoms with Crippen molar-refractivity contribution in [3.8, 4) is 17.0 Å². The molecule has 1 aliphatic rings. The lowest BCUT2D eigenvalue weighted by Gasteiger charge is -2.26. The van der Waals surface area contributed by atoms with Crippen molar-refractivity contribution in [1.82, 2.24) is 15.1 Å². The van der Waals surface area contributed by atoms with E-state index in [1.165, 1.54) is 0 Å². The quantitative estimate of drug-likeness (QED) is 0.313. The first-order valence-electron chi connectivity index (χ1n) is 11.6. The number of benzene rings is 3. The molecule has 1 N–H and O–H groups in total. The Balaban J connectivity index is 1.47. The normalized spacial score (nSPS) is 14.9. The van der Waals surface area contributed by atoms with Gasteiger partial charge in [0, 0.05) is 22.7 Å². The fourth-order valence-electron chi connectivity index (χ4n) is 4.42. The van der Waals surface area contributed by atoms with Crippen LogP contribution >= 0.6 is 11.6 Å². The maximum Gasteiger partial charge on any atom is 0.273 e. The Kier molecular flexibility index (Phi) is 6.37. The highest BCUT2D eigenvalue weighted by Crippen LogP contribution is 2.43. The molecule has 2 heterocycles. The van der Waals surface area contributed by atoms with Crippen molar-refractivity contribution in [2.45, 2.75) is 32.4 Å². The number of hydrogen-bond acceptors (Lipinski definition) is 3. The number of halogens is 1. The molecule has 0 aliphatic carbocycles. The van der Waals surface area contributed by atoms with Gasteiger partial charge in [0.15, 0.2) is 0 Å². The van der Waals surface area contributed by atoms with Crippen molar-refractivity contribution in [3.63, 3.8) is 0 Å². The molecule has 1 amide bonds. The summed E-state index contributed by atoms with van der Waals surface area (Å²) in [5.41, 5.74) is 5.35. The molecule has 1 unspecified atom stereocenters. The molecule has 0 saturated heterocycles. The molecule has 0 radical (unpaired) electrons. The molecule has 3 aromatic carbocycles. The molecule has 0 fully saturated rings. The van der Waals surface area contributed by atoms with Crippen LogP contribution in [0, 0.1) is 0 Å². The highest BCUT2D eigenvalue weighted by atomic mass is 35.5. The van der Waals surface area contributed by atoms with Gasteiger partial charge in [-0.3, -0.25) is 9.89 Å². The van der Waals surface area contributed by atoms with E-state index in [1.54, 1.807) is 0 Å². The number of rotatable bonds is 8. The topological polar surface area (TPSA) is 58.2 Å². The van der Waals surface area contributed by atoms with Crippen molar-refractivity contribution in [2.24, 2.45) is 0 Å². The van der Waals surface area contributed by atoms with Crippen LogP contribution < -0.4 is 4.74 Å². The zero-order chi connectivity index (χ0) is 23.5. The smallest absolute Gasteiger partial charge is 0.273 e. The number of unbranched alkanes of at least 4 members (excludes halogenated alkanes) is 1. The van der Waals surface area contributed by atoms with Crippen LogP contribution in [0.4, 0.5) is 0 Å². The molecule has 1 aromatic heterocycles. The van der Waals surface area contributed by atoms with Gasteiger partial charge in [-0.05, 0) is 41.8 Å². The number of H-pyrrole nitrogens is 1. The molecule has 5 rings (SSSR count). The zero-order valence-corrected chi connectivity index (χ0v) is 19.8. The first-order chi connectivity index (χ1) is 16.7. The Morgan fingerprint density at radius 1 is 1.00 bits per heavy atom. The Labute approximate surface area is 204 Å². The molecule has 172 valence electrons. The van der Waals surface area contributed by atoms with E-state index in [0.717, 1.165) is 46.5 Å². The van der Waals surface area contributed by atoms with Gasteiger partial charge in [0.05, 0.1) is 11.7 Å². The fourth-order valence-corrected chi connectivity index (χ4v) is 4.54. The lowest BCUT2D eigenvalue weighted by Crippen LogP contribution is -2.30. The van der Waals surface area contributed by atoms with Gasteiger partial charge in [-0.25, -0.2) is 0 Å². The highest BCUT2D eigenvalue weighted by Gasteiger charge is 2.41. The van der Waals surface area contributed by atoms with E-state index in [9.17, 15) is 4.79 Å². The molecule has 0 saturated carbocycles. The van der Waals surface area contributed by atoms with Gasteiger partial charge in [-0.1, -0.05) is 79.5 Å². The molecule has 4 aromatic rings. The van der Waals surface area contributed by atoms with Crippen molar-refractivity contribution in [2.75, 3.05) is 6.54 Å². The minimum Gasteiger partial charge on any atom is -0.489 e. The number of aromatic amines is 1. The van der Waals surface area contributed by atoms with Crippen LogP contribution in [0.2, 0.25) is 5.02 Å². The lowest BCUT2D eigenvalue weighted by molar-refractivity contribution is 0.0741. The maximum atomic E-state index is 13.3. The summed E-state index contributed by atoms with van der Waals surface area (Å²) in [7, 11) is 0. The van der Waals surface area contributed by atoms with Gasteiger partial charge in [-0.15, -0.1) is 0 Å². The molecular formula is C28H26ClN3O2. The van der Waals surface area contributed by atoms with Crippen molar-refractivity contribution in [1.29, 1.82) is 0 Å². The predicted octanol–water partition coefficient (Wildman–Crippen LogP) is 6.65. The number of carbonyl (C=O) groups excluding carboxylic acids is 1. The summed E-state index contributed by atoms with van der Waals surface area (Å²) in [4.78, 5) is 15.3. The zero-order valence-electron chi connectivity index (χ0n) is 19.0. The van der Waals surface area contributed by atoms with Gasteiger partial charge in [0.2, 0.25) is 0 Å². The summed E-state index contributed by atoms with van der Waals surface area (Å²) in [6.45, 7) is 3.33. The van der Waals surface area contributed by atoms with Crippen LogP contribution in [-0.2, 0) is 6.61 Å². The summed E-state index contributed by atoms with van der Waals surface area (Å²) in [6.07, 6.45) is 1.95. The van der Waals surface area contributed by atoms with E-state index in [0.29, 0.717) is 23.9 Å². The number of nitrogens with zero attached hydrogens (tertiary/aromatic N) is 2. The second kappa shape index (κ2) is 9.74. The van der Waals surface area contributed by atoms with E-state index in [2.05, 4.69) is 17.1 Å². The van der Waals surface area contributed by atoms with Crippen LogP contribution in [-0.4, -0.2) is 27.5 Å². The molecule has 5 nitrogen and oxygen atoms in total. The Morgan fingerprint density at radius 3 is 2.44 bits per heavy atom. The summed E-state index contributed by atoms with van der Waals surface area (Å²) in [5.74, 6) is 0.785. The van der Waals surface area contributed by atoms with Crippen LogP contribution in [0.25, 0.3) is 11.3 Å². The highest BCUT2D eigenvalue weighted by molar-refractivity contribution is 6.30. The number of nitrogens with one attached hydrogen (secondary N) is 1. The molecule has 1 atom stereocenters. The largest absolute Gasteiger partial charge is 0.489 e. The molecule has 6 heteroatoms. The van der Waals surface area contributed by atoms with Crippen molar-refractivity contribution < 1.29 is 9.53 Å². The molecule has 0 spiro atoms. The second-order valence-electron chi connectivity index (χ2n) is 8.47. The van der Waals surface area contributed by atoms with E-state index in [4.69, 9.17) is 16.3 Å². The van der Waals surface area contributed by atoms with Crippen molar-refractivity contribution in [3.05, 3.63) is 106 Å². The molecule has 34 heavy (non-hydrogen) atoms. The van der Waals surface area contributed by atoms with Gasteiger partial charge in [0.1, 0.15) is 18.1 Å². The third-order valence-corrected chi connectivity index (χ3v) is 6.43. The van der Waals surface area contributed by atoms with Crippen LogP contribution in [0.3, 0.4) is 0 Å². The van der Waals surface area contributed by atoms with E-state index in [-0.39, 0.29) is 11.9 Å². The Morgan fingerprint density at radius 2 is 1.74 bits per heavy atom. The van der Waals surface area contributed by atoms with Gasteiger partial charge >= 0.3 is 0 Å². The number of hydrogen-bond donors (Lipinski definition) is 1. The van der Waals surface area contributed by atoms with Crippen LogP contribution in [0.15, 0.2) is 78.9 Å². The minimum atomic E-state index is -0.207. The van der Waals surface area contributed by atoms with E-state index >= 15 is 0 Å². The number of amides is 1. The summed E-state index contributed by atoms with van der Waals surface area (Å²) < 4.78 is 5.97. The molecule has 1 aliphatic heterocycles. The minimum absolute atomic E-state index is 0.00873. The van der Waals surface area contributed by atoms with Gasteiger partial charge < -0.3 is 9.64 Å². The number of ether oxygens (including phenoxy) is 1. The van der Waals surface area contributed by atoms with E-state index in [1.807, 2.05) is 83.8 Å². The average Bonchev–Trinajstić information content (AvgIpc) is 3.42. The third-order valence-electron chi connectivity index (χ3n) is 6.18. The second-order valence-corrected chi connectivity index (χ2v) is 8.90. The van der Waals surface area contributed by atoms with Crippen molar-refractivity contribution >= 4 is 17.5 Å². The first-order valence-corrected chi connectivity index (χ1v) is 12.0. The number of fused-ring (bicyclic) bond motifs is 1. The van der Waals surface area contributed by atoms with Crippen LogP contribution in [0.5, 0.6) is 5.75 Å². The van der Waals surface area contributed by atoms with E-state index < -0.39 is 0 Å². The number of aromatic nitrogens is 2. The number of carbonyl (C=O) groups is 1. The van der Waals surface area contributed by atoms with Crippen LogP contribution in [0.1, 0.15) is 53.0 Å². The lowest BCUT2D eigenvalue weighted by atomic mass is 9.96. The summed E-state index contributed by atoms with van der Waals surface area (Å²) in [6, 6.07) is 25.5. The average molecular weight is 472 g/mol. The fraction of sp³-hybridized carbons (Fsp3) is 0.214. The Hall–Kier alpha value is -3.57. The third kappa shape index (κ3) is 4.31. The monoisotopic (exact) mass is 471 g/mol. The SMILES string of the molecule is CCCCN1C(=O)c2[nH]nc(-c3ccc(Cl)cc3)c2C1c1ccc(OCc2ccccc2)cc1. The van der Waals surface area contributed by atoms with Gasteiger partial charge in [0.25, 0.3) is 5.91 Å². The maximum absolute atomic E-state index is 13.3.